The van der Waals surface area contributed by atoms with Gasteiger partial charge in [-0.05, 0) is 18.3 Å². The number of likely N-dealkylation sites (tertiary alicyclic amines) is 1. The van der Waals surface area contributed by atoms with Gasteiger partial charge < -0.3 is 4.57 Å². The highest BCUT2D eigenvalue weighted by Crippen LogP contribution is 2.21. The van der Waals surface area contributed by atoms with E-state index in [4.69, 9.17) is 0 Å². The Hall–Kier alpha value is -1.89. The molecule has 3 heterocycles. The highest BCUT2D eigenvalue weighted by atomic mass is 16.2. The molecule has 1 aliphatic rings. The molecule has 22 heavy (non-hydrogen) atoms. The van der Waals surface area contributed by atoms with E-state index in [0.29, 0.717) is 29.7 Å². The van der Waals surface area contributed by atoms with Crippen molar-refractivity contribution in [1.82, 2.24) is 23.6 Å². The summed E-state index contributed by atoms with van der Waals surface area (Å²) in [6.45, 7) is 7.21. The molecule has 0 aromatic carbocycles. The van der Waals surface area contributed by atoms with Gasteiger partial charge in [-0.15, -0.1) is 0 Å². The van der Waals surface area contributed by atoms with Crippen molar-refractivity contribution >= 4 is 11.2 Å². The molecule has 7 nitrogen and oxygen atoms in total. The summed E-state index contributed by atoms with van der Waals surface area (Å²) in [5.41, 5.74) is 0.318. The number of nitrogens with zero attached hydrogens (tertiary/aromatic N) is 5. The Morgan fingerprint density at radius 2 is 1.77 bits per heavy atom. The van der Waals surface area contributed by atoms with Gasteiger partial charge in [0.15, 0.2) is 11.2 Å². The maximum atomic E-state index is 12.4. The lowest BCUT2D eigenvalue weighted by Crippen LogP contribution is -2.41. The van der Waals surface area contributed by atoms with Crippen molar-refractivity contribution in [2.24, 2.45) is 25.9 Å². The van der Waals surface area contributed by atoms with Crippen LogP contribution in [-0.4, -0.2) is 36.7 Å². The third kappa shape index (κ3) is 2.39. The largest absolute Gasteiger partial charge is 0.332 e. The van der Waals surface area contributed by atoms with Crippen molar-refractivity contribution in [3.8, 4) is 0 Å². The Bertz CT molecular complexity index is 806. The van der Waals surface area contributed by atoms with Crippen LogP contribution in [0.3, 0.4) is 0 Å². The average molecular weight is 305 g/mol. The van der Waals surface area contributed by atoms with E-state index < -0.39 is 0 Å². The molecule has 0 N–H and O–H groups in total. The smallest absolute Gasteiger partial charge is 0.311 e. The van der Waals surface area contributed by atoms with Gasteiger partial charge in [0, 0.05) is 27.2 Å². The van der Waals surface area contributed by atoms with Crippen molar-refractivity contribution in [1.29, 1.82) is 0 Å². The number of aromatic nitrogens is 4. The van der Waals surface area contributed by atoms with E-state index in [1.54, 1.807) is 13.4 Å². The molecule has 0 spiro atoms. The lowest BCUT2D eigenvalue weighted by atomic mass is 9.92. The summed E-state index contributed by atoms with van der Waals surface area (Å²) in [6.07, 6.45) is 2.91. The van der Waals surface area contributed by atoms with Crippen LogP contribution in [0.4, 0.5) is 0 Å². The van der Waals surface area contributed by atoms with Gasteiger partial charge in [0.1, 0.15) is 0 Å². The Kier molecular flexibility index (Phi) is 3.68. The maximum absolute atomic E-state index is 12.4. The first-order valence-corrected chi connectivity index (χ1v) is 7.71. The quantitative estimate of drug-likeness (QED) is 0.804. The van der Waals surface area contributed by atoms with Gasteiger partial charge in [-0.1, -0.05) is 13.8 Å². The first-order valence-electron chi connectivity index (χ1n) is 7.71. The van der Waals surface area contributed by atoms with Crippen molar-refractivity contribution in [3.63, 3.8) is 0 Å². The fourth-order valence-electron chi connectivity index (χ4n) is 3.63. The van der Waals surface area contributed by atoms with E-state index in [1.807, 2.05) is 4.57 Å². The molecule has 1 aliphatic heterocycles. The normalized spacial score (nSPS) is 23.3. The van der Waals surface area contributed by atoms with Gasteiger partial charge >= 0.3 is 5.69 Å². The molecule has 2 unspecified atom stereocenters. The number of hydrogen-bond acceptors (Lipinski definition) is 4. The molecule has 0 bridgehead atoms. The Labute approximate surface area is 128 Å². The predicted octanol–water partition coefficient (Wildman–Crippen LogP) is 0.369. The molecule has 2 aromatic rings. The molecular formula is C15H23N5O2. The highest BCUT2D eigenvalue weighted by molar-refractivity contribution is 5.69. The van der Waals surface area contributed by atoms with E-state index in [2.05, 4.69) is 23.7 Å². The van der Waals surface area contributed by atoms with Gasteiger partial charge in [-0.25, -0.2) is 9.78 Å². The third-order valence-electron chi connectivity index (χ3n) is 4.51. The summed E-state index contributed by atoms with van der Waals surface area (Å²) in [5, 5.41) is 0. The second-order valence-electron chi connectivity index (χ2n) is 6.72. The van der Waals surface area contributed by atoms with Crippen LogP contribution in [-0.2, 0) is 20.8 Å². The van der Waals surface area contributed by atoms with E-state index in [-0.39, 0.29) is 11.2 Å². The fourth-order valence-corrected chi connectivity index (χ4v) is 3.63. The third-order valence-corrected chi connectivity index (χ3v) is 4.51. The van der Waals surface area contributed by atoms with E-state index in [9.17, 15) is 9.59 Å². The minimum absolute atomic E-state index is 0.284. The number of aryl methyl sites for hydroxylation is 1. The Morgan fingerprint density at radius 3 is 2.41 bits per heavy atom. The minimum Gasteiger partial charge on any atom is -0.311 e. The van der Waals surface area contributed by atoms with Crippen LogP contribution in [0.5, 0.6) is 0 Å². The van der Waals surface area contributed by atoms with Crippen molar-refractivity contribution in [2.45, 2.75) is 26.9 Å². The monoisotopic (exact) mass is 305 g/mol. The summed E-state index contributed by atoms with van der Waals surface area (Å²) in [4.78, 5) is 31.0. The van der Waals surface area contributed by atoms with Crippen LogP contribution in [0.25, 0.3) is 11.2 Å². The molecule has 120 valence electrons. The first-order chi connectivity index (χ1) is 10.4. The van der Waals surface area contributed by atoms with Gasteiger partial charge in [-0.2, -0.15) is 0 Å². The topological polar surface area (TPSA) is 65.1 Å². The second-order valence-corrected chi connectivity index (χ2v) is 6.72. The fraction of sp³-hybridized carbons (Fsp3) is 0.667. The predicted molar refractivity (Wildman–Crippen MR) is 84.7 cm³/mol. The molecule has 1 saturated heterocycles. The maximum Gasteiger partial charge on any atom is 0.332 e. The van der Waals surface area contributed by atoms with E-state index in [1.165, 1.54) is 18.0 Å². The van der Waals surface area contributed by atoms with Crippen LogP contribution in [0, 0.1) is 11.8 Å². The van der Waals surface area contributed by atoms with Gasteiger partial charge in [0.05, 0.1) is 13.0 Å². The Balaban J connectivity index is 2.02. The highest BCUT2D eigenvalue weighted by Gasteiger charge is 2.23. The molecule has 1 fully saturated rings. The van der Waals surface area contributed by atoms with Gasteiger partial charge in [0.25, 0.3) is 5.56 Å². The lowest BCUT2D eigenvalue weighted by molar-refractivity contribution is 0.111. The van der Waals surface area contributed by atoms with Gasteiger partial charge in [0.2, 0.25) is 0 Å². The molecule has 3 rings (SSSR count). The first kappa shape index (κ1) is 15.0. The zero-order valence-electron chi connectivity index (χ0n) is 13.6. The lowest BCUT2D eigenvalue weighted by Gasteiger charge is -2.35. The number of rotatable bonds is 2. The molecular weight excluding hydrogens is 282 g/mol. The number of hydrogen-bond donors (Lipinski definition) is 0. The van der Waals surface area contributed by atoms with E-state index in [0.717, 1.165) is 17.7 Å². The van der Waals surface area contributed by atoms with Gasteiger partial charge in [-0.3, -0.25) is 18.8 Å². The van der Waals surface area contributed by atoms with Crippen LogP contribution in [0.1, 0.15) is 20.3 Å². The van der Waals surface area contributed by atoms with Crippen molar-refractivity contribution in [2.75, 3.05) is 13.1 Å². The van der Waals surface area contributed by atoms with Crippen molar-refractivity contribution < 1.29 is 0 Å². The summed E-state index contributed by atoms with van der Waals surface area (Å²) < 4.78 is 4.43. The molecule has 0 amide bonds. The zero-order chi connectivity index (χ0) is 16.0. The number of imidazole rings is 1. The molecule has 0 saturated carbocycles. The summed E-state index contributed by atoms with van der Waals surface area (Å²) in [5.74, 6) is 1.32. The standard InChI is InChI=1S/C15H23N5O2/c1-10-5-11(2)7-19(6-10)9-20-8-16-13-12(20)14(21)18(4)15(22)17(13)3/h8,10-11H,5-7,9H2,1-4H3. The Morgan fingerprint density at radius 1 is 1.14 bits per heavy atom. The van der Waals surface area contributed by atoms with Crippen LogP contribution in [0.15, 0.2) is 15.9 Å². The van der Waals surface area contributed by atoms with Crippen LogP contribution in [0.2, 0.25) is 0 Å². The average Bonchev–Trinajstić information content (AvgIpc) is 2.85. The summed E-state index contributed by atoms with van der Waals surface area (Å²) >= 11 is 0. The number of piperidine rings is 1. The molecule has 2 atom stereocenters. The zero-order valence-corrected chi connectivity index (χ0v) is 13.6. The SMILES string of the molecule is CC1CC(C)CN(Cn2cnc3c2c(=O)n(C)c(=O)n3C)C1. The van der Waals surface area contributed by atoms with Crippen LogP contribution < -0.4 is 11.2 Å². The molecule has 0 aliphatic carbocycles. The molecule has 0 radical (unpaired) electrons. The minimum atomic E-state index is -0.344. The van der Waals surface area contributed by atoms with Crippen LogP contribution >= 0.6 is 0 Å². The second kappa shape index (κ2) is 5.39. The number of fused-ring (bicyclic) bond motifs is 1. The van der Waals surface area contributed by atoms with Crippen molar-refractivity contribution in [3.05, 3.63) is 27.2 Å². The summed E-state index contributed by atoms with van der Waals surface area (Å²) in [7, 11) is 3.15. The summed E-state index contributed by atoms with van der Waals surface area (Å²) in [6, 6.07) is 0. The molecule has 2 aromatic heterocycles. The molecule has 7 heteroatoms. The van der Waals surface area contributed by atoms with E-state index >= 15 is 0 Å².